The van der Waals surface area contributed by atoms with Gasteiger partial charge in [-0.15, -0.1) is 0 Å². The summed E-state index contributed by atoms with van der Waals surface area (Å²) < 4.78 is 15.1. The molecule has 1 aliphatic rings. The van der Waals surface area contributed by atoms with Crippen LogP contribution in [0.25, 0.3) is 6.08 Å². The monoisotopic (exact) mass is 384 g/mol. The Hall–Kier alpha value is -2.32. The lowest BCUT2D eigenvalue weighted by Crippen LogP contribution is -2.30. The van der Waals surface area contributed by atoms with E-state index in [4.69, 9.17) is 33.3 Å². The lowest BCUT2D eigenvalue weighted by Gasteiger charge is -2.12. The number of likely N-dealkylation sites (N-methyl/N-ethyl adjacent to an activating group) is 1. The van der Waals surface area contributed by atoms with Crippen LogP contribution in [-0.4, -0.2) is 49.3 Å². The fourth-order valence-electron chi connectivity index (χ4n) is 2.14. The molecule has 1 N–H and O–H groups in total. The molecule has 0 radical (unpaired) electrons. The lowest BCUT2D eigenvalue weighted by atomic mass is 10.1. The van der Waals surface area contributed by atoms with E-state index in [0.717, 1.165) is 0 Å². The van der Waals surface area contributed by atoms with Gasteiger partial charge in [0.05, 0.1) is 19.2 Å². The van der Waals surface area contributed by atoms with E-state index in [9.17, 15) is 9.59 Å². The maximum absolute atomic E-state index is 12.3. The molecule has 7 nitrogen and oxygen atoms in total. The van der Waals surface area contributed by atoms with Crippen molar-refractivity contribution in [1.29, 1.82) is 0 Å². The van der Waals surface area contributed by atoms with Gasteiger partial charge in [0.1, 0.15) is 5.70 Å². The molecule has 2 rings (SSSR count). The Morgan fingerprint density at radius 2 is 2.08 bits per heavy atom. The number of hydrogen-bond donors (Lipinski definition) is 1. The zero-order chi connectivity index (χ0) is 18.6. The first-order valence-corrected chi connectivity index (χ1v) is 8.11. The molecule has 0 aliphatic carbocycles. The average Bonchev–Trinajstić information content (AvgIpc) is 2.87. The van der Waals surface area contributed by atoms with Crippen molar-refractivity contribution in [1.82, 2.24) is 10.2 Å². The maximum Gasteiger partial charge on any atom is 0.343 e. The van der Waals surface area contributed by atoms with E-state index in [0.29, 0.717) is 33.7 Å². The minimum Gasteiger partial charge on any atom is -0.493 e. The first kappa shape index (κ1) is 19.0. The summed E-state index contributed by atoms with van der Waals surface area (Å²) in [5.41, 5.74) is 0.861. The highest BCUT2D eigenvalue weighted by Crippen LogP contribution is 2.34. The van der Waals surface area contributed by atoms with Crippen LogP contribution in [-0.2, 0) is 14.3 Å². The topological polar surface area (TPSA) is 77.1 Å². The van der Waals surface area contributed by atoms with Gasteiger partial charge in [-0.05, 0) is 36.8 Å². The van der Waals surface area contributed by atoms with Crippen molar-refractivity contribution >= 4 is 46.9 Å². The van der Waals surface area contributed by atoms with Crippen LogP contribution in [0.3, 0.4) is 0 Å². The molecule has 0 atom stereocenters. The smallest absolute Gasteiger partial charge is 0.343 e. The molecule has 25 heavy (non-hydrogen) atoms. The third-order valence-corrected chi connectivity index (χ3v) is 4.08. The Morgan fingerprint density at radius 1 is 1.36 bits per heavy atom. The SMILES string of the molecule is CCN1C(=O)/C(=C/c2cc(OC)c(OCC(=O)OC)cc2Cl)NC1=S. The number of thiocarbonyl (C=S) groups is 1. The number of methoxy groups -OCH3 is 2. The molecule has 0 aromatic heterocycles. The number of rotatable bonds is 6. The number of nitrogens with one attached hydrogen (secondary N) is 1. The molecule has 1 amide bonds. The van der Waals surface area contributed by atoms with Gasteiger partial charge in [0.2, 0.25) is 0 Å². The first-order chi connectivity index (χ1) is 11.9. The largest absolute Gasteiger partial charge is 0.493 e. The number of hydrogen-bond acceptors (Lipinski definition) is 6. The van der Waals surface area contributed by atoms with E-state index in [1.807, 2.05) is 6.92 Å². The second kappa shape index (κ2) is 8.17. The van der Waals surface area contributed by atoms with E-state index >= 15 is 0 Å². The Balaban J connectivity index is 2.31. The molecular formula is C16H17ClN2O5S. The summed E-state index contributed by atoms with van der Waals surface area (Å²) in [6, 6.07) is 3.11. The standard InChI is InChI=1S/C16H17ClN2O5S/c1-4-19-15(21)11(18-16(19)25)5-9-6-12(22-2)13(7-10(9)17)24-8-14(20)23-3/h5-7H,4,8H2,1-3H3,(H,18,25)/b11-5-. The molecule has 9 heteroatoms. The molecule has 0 saturated carbocycles. The van der Waals surface area contributed by atoms with Crippen LogP contribution in [0.15, 0.2) is 17.8 Å². The van der Waals surface area contributed by atoms with Gasteiger partial charge in [0.15, 0.2) is 23.2 Å². The highest BCUT2D eigenvalue weighted by Gasteiger charge is 2.29. The van der Waals surface area contributed by atoms with E-state index in [-0.39, 0.29) is 18.3 Å². The molecule has 1 saturated heterocycles. The maximum atomic E-state index is 12.3. The van der Waals surface area contributed by atoms with Crippen LogP contribution < -0.4 is 14.8 Å². The van der Waals surface area contributed by atoms with Gasteiger partial charge in [-0.25, -0.2) is 4.79 Å². The van der Waals surface area contributed by atoms with E-state index in [2.05, 4.69) is 10.1 Å². The van der Waals surface area contributed by atoms with Crippen LogP contribution in [0.2, 0.25) is 5.02 Å². The molecule has 1 fully saturated rings. The van der Waals surface area contributed by atoms with Gasteiger partial charge in [-0.3, -0.25) is 9.69 Å². The molecule has 0 unspecified atom stereocenters. The Bertz CT molecular complexity index is 750. The summed E-state index contributed by atoms with van der Waals surface area (Å²) in [6.45, 7) is 2.03. The lowest BCUT2D eigenvalue weighted by molar-refractivity contribution is -0.142. The summed E-state index contributed by atoms with van der Waals surface area (Å²) in [4.78, 5) is 24.9. The normalized spacial score (nSPS) is 15.4. The van der Waals surface area contributed by atoms with Crippen LogP contribution >= 0.6 is 23.8 Å². The van der Waals surface area contributed by atoms with E-state index in [1.54, 1.807) is 12.1 Å². The third-order valence-electron chi connectivity index (χ3n) is 3.43. The van der Waals surface area contributed by atoms with Crippen LogP contribution in [0, 0.1) is 0 Å². The number of benzene rings is 1. The molecule has 1 aromatic carbocycles. The van der Waals surface area contributed by atoms with Crippen molar-refractivity contribution in [3.8, 4) is 11.5 Å². The van der Waals surface area contributed by atoms with Crippen LogP contribution in [0.1, 0.15) is 12.5 Å². The molecular weight excluding hydrogens is 368 g/mol. The summed E-state index contributed by atoms with van der Waals surface area (Å²) >= 11 is 11.4. The zero-order valence-electron chi connectivity index (χ0n) is 13.9. The fraction of sp³-hybridized carbons (Fsp3) is 0.312. The van der Waals surface area contributed by atoms with Crippen LogP contribution in [0.4, 0.5) is 0 Å². The van der Waals surface area contributed by atoms with Crippen LogP contribution in [0.5, 0.6) is 11.5 Å². The Labute approximate surface area is 155 Å². The van der Waals surface area contributed by atoms with E-state index in [1.165, 1.54) is 25.2 Å². The summed E-state index contributed by atoms with van der Waals surface area (Å²) in [6.07, 6.45) is 1.58. The number of amides is 1. The molecule has 1 heterocycles. The van der Waals surface area contributed by atoms with Crippen molar-refractivity contribution in [2.45, 2.75) is 6.92 Å². The van der Waals surface area contributed by atoms with Gasteiger partial charge in [0, 0.05) is 12.6 Å². The minimum atomic E-state index is -0.529. The van der Waals surface area contributed by atoms with Crippen molar-refractivity contribution < 1.29 is 23.8 Å². The second-order valence-corrected chi connectivity index (χ2v) is 5.72. The van der Waals surface area contributed by atoms with Crippen molar-refractivity contribution in [3.05, 3.63) is 28.4 Å². The number of esters is 1. The van der Waals surface area contributed by atoms with Gasteiger partial charge in [-0.2, -0.15) is 0 Å². The van der Waals surface area contributed by atoms with E-state index < -0.39 is 5.97 Å². The van der Waals surface area contributed by atoms with Gasteiger partial charge in [-0.1, -0.05) is 11.6 Å². The van der Waals surface area contributed by atoms with Crippen molar-refractivity contribution in [3.63, 3.8) is 0 Å². The minimum absolute atomic E-state index is 0.228. The zero-order valence-corrected chi connectivity index (χ0v) is 15.5. The molecule has 1 aromatic rings. The fourth-order valence-corrected chi connectivity index (χ4v) is 2.67. The van der Waals surface area contributed by atoms with Crippen molar-refractivity contribution in [2.24, 2.45) is 0 Å². The summed E-state index contributed by atoms with van der Waals surface area (Å²) in [5, 5.41) is 3.53. The summed E-state index contributed by atoms with van der Waals surface area (Å²) in [7, 11) is 2.72. The Morgan fingerprint density at radius 3 is 2.64 bits per heavy atom. The Kier molecular flexibility index (Phi) is 6.22. The molecule has 0 bridgehead atoms. The second-order valence-electron chi connectivity index (χ2n) is 4.93. The quantitative estimate of drug-likeness (QED) is 0.456. The van der Waals surface area contributed by atoms with Gasteiger partial charge >= 0.3 is 5.97 Å². The number of carbonyl (C=O) groups excluding carboxylic acids is 2. The highest BCUT2D eigenvalue weighted by molar-refractivity contribution is 7.80. The predicted molar refractivity (Wildman–Crippen MR) is 96.6 cm³/mol. The average molecular weight is 385 g/mol. The number of ether oxygens (including phenoxy) is 3. The number of halogens is 1. The third kappa shape index (κ3) is 4.21. The highest BCUT2D eigenvalue weighted by atomic mass is 35.5. The number of nitrogens with zero attached hydrogens (tertiary/aromatic N) is 1. The number of carbonyl (C=O) groups is 2. The predicted octanol–water partition coefficient (Wildman–Crippen LogP) is 1.98. The first-order valence-electron chi connectivity index (χ1n) is 7.33. The summed E-state index contributed by atoms with van der Waals surface area (Å²) in [5.74, 6) is -0.108. The van der Waals surface area contributed by atoms with Gasteiger partial charge in [0.25, 0.3) is 5.91 Å². The van der Waals surface area contributed by atoms with Gasteiger partial charge < -0.3 is 19.5 Å². The molecule has 1 aliphatic heterocycles. The molecule has 0 spiro atoms. The van der Waals surface area contributed by atoms with Crippen molar-refractivity contribution in [2.75, 3.05) is 27.4 Å². The molecule has 134 valence electrons.